The number of carbonyl (C=O) groups is 1. The second-order valence-corrected chi connectivity index (χ2v) is 6.45. The topological polar surface area (TPSA) is 41.6 Å². The summed E-state index contributed by atoms with van der Waals surface area (Å²) in [7, 11) is 0. The number of halogens is 1. The summed E-state index contributed by atoms with van der Waals surface area (Å²) in [4.78, 5) is 15.3. The van der Waals surface area contributed by atoms with Crippen LogP contribution in [0.1, 0.15) is 29.9 Å². The van der Waals surface area contributed by atoms with E-state index in [0.717, 1.165) is 42.3 Å². The van der Waals surface area contributed by atoms with Gasteiger partial charge in [0.1, 0.15) is 11.5 Å². The van der Waals surface area contributed by atoms with E-state index in [9.17, 15) is 4.79 Å². The number of fused-ring (bicyclic) bond motifs is 2. The van der Waals surface area contributed by atoms with Crippen LogP contribution in [0.15, 0.2) is 48.5 Å². The van der Waals surface area contributed by atoms with Crippen molar-refractivity contribution in [2.75, 3.05) is 26.2 Å². The molecule has 2 aromatic carbocycles. The minimum Gasteiger partial charge on any atom is -0.457 e. The Bertz CT molecular complexity index is 698. The van der Waals surface area contributed by atoms with Gasteiger partial charge in [-0.25, -0.2) is 0 Å². The van der Waals surface area contributed by atoms with E-state index < -0.39 is 0 Å². The van der Waals surface area contributed by atoms with Gasteiger partial charge in [0.15, 0.2) is 0 Å². The van der Waals surface area contributed by atoms with Gasteiger partial charge < -0.3 is 15.0 Å². The number of likely N-dealkylation sites (tertiary alicyclic amines) is 1. The van der Waals surface area contributed by atoms with Gasteiger partial charge in [0, 0.05) is 24.2 Å². The maximum atomic E-state index is 12.9. The molecule has 2 heterocycles. The lowest BCUT2D eigenvalue weighted by atomic mass is 9.87. The largest absolute Gasteiger partial charge is 0.457 e. The lowest BCUT2D eigenvalue weighted by Gasteiger charge is -2.27. The van der Waals surface area contributed by atoms with E-state index in [0.29, 0.717) is 6.54 Å². The molecule has 0 atom stereocenters. The van der Waals surface area contributed by atoms with Crippen LogP contribution in [0.5, 0.6) is 11.5 Å². The molecule has 0 aromatic heterocycles. The van der Waals surface area contributed by atoms with Crippen LogP contribution in [0, 0.1) is 0 Å². The highest BCUT2D eigenvalue weighted by atomic mass is 35.5. The third kappa shape index (κ3) is 3.65. The van der Waals surface area contributed by atoms with Crippen molar-refractivity contribution in [2.45, 2.75) is 18.8 Å². The van der Waals surface area contributed by atoms with Crippen LogP contribution in [0.3, 0.4) is 0 Å². The Morgan fingerprint density at radius 3 is 2.16 bits per heavy atom. The number of hydrogen-bond acceptors (Lipinski definition) is 3. The van der Waals surface area contributed by atoms with Gasteiger partial charge >= 0.3 is 0 Å². The molecule has 0 unspecified atom stereocenters. The van der Waals surface area contributed by atoms with Gasteiger partial charge in [-0.15, -0.1) is 12.4 Å². The van der Waals surface area contributed by atoms with Gasteiger partial charge in [-0.1, -0.05) is 36.4 Å². The summed E-state index contributed by atoms with van der Waals surface area (Å²) in [5.74, 6) is 1.30. The molecule has 4 rings (SSSR count). The Morgan fingerprint density at radius 2 is 1.56 bits per heavy atom. The zero-order valence-electron chi connectivity index (χ0n) is 14.1. The van der Waals surface area contributed by atoms with Crippen molar-refractivity contribution in [3.05, 3.63) is 59.7 Å². The Hall–Kier alpha value is -2.04. The van der Waals surface area contributed by atoms with Crippen LogP contribution >= 0.6 is 12.4 Å². The zero-order valence-corrected chi connectivity index (χ0v) is 14.9. The molecule has 2 aliphatic heterocycles. The SMILES string of the molecule is Cl.O=C(NCCN1CCCC1)C1c2ccccc2Oc2ccccc21. The highest BCUT2D eigenvalue weighted by Crippen LogP contribution is 2.43. The van der Waals surface area contributed by atoms with Crippen LogP contribution in [0.4, 0.5) is 0 Å². The Labute approximate surface area is 154 Å². The third-order valence-electron chi connectivity index (χ3n) is 4.87. The molecule has 5 heteroatoms. The third-order valence-corrected chi connectivity index (χ3v) is 4.87. The predicted octanol–water partition coefficient (Wildman–Crippen LogP) is 3.56. The zero-order chi connectivity index (χ0) is 16.4. The lowest BCUT2D eigenvalue weighted by molar-refractivity contribution is -0.121. The molecule has 0 spiro atoms. The summed E-state index contributed by atoms with van der Waals surface area (Å²) in [6, 6.07) is 15.6. The predicted molar refractivity (Wildman–Crippen MR) is 101 cm³/mol. The van der Waals surface area contributed by atoms with Crippen molar-refractivity contribution >= 4 is 18.3 Å². The summed E-state index contributed by atoms with van der Waals surface area (Å²) in [6.45, 7) is 3.93. The van der Waals surface area contributed by atoms with Crippen molar-refractivity contribution in [2.24, 2.45) is 0 Å². The number of benzene rings is 2. The van der Waals surface area contributed by atoms with Gasteiger partial charge in [0.25, 0.3) is 0 Å². The second-order valence-electron chi connectivity index (χ2n) is 6.45. The Morgan fingerprint density at radius 1 is 1.00 bits per heavy atom. The first kappa shape index (κ1) is 17.8. The Kier molecular flexibility index (Phi) is 5.61. The summed E-state index contributed by atoms with van der Waals surface area (Å²) in [5.41, 5.74) is 1.88. The fourth-order valence-corrected chi connectivity index (χ4v) is 3.64. The molecule has 0 bridgehead atoms. The van der Waals surface area contributed by atoms with Gasteiger partial charge in [-0.3, -0.25) is 4.79 Å². The van der Waals surface area contributed by atoms with Crippen LogP contribution in [-0.4, -0.2) is 37.0 Å². The first-order valence-electron chi connectivity index (χ1n) is 8.69. The van der Waals surface area contributed by atoms with E-state index in [1.165, 1.54) is 12.8 Å². The van der Waals surface area contributed by atoms with Crippen LogP contribution in [-0.2, 0) is 4.79 Å². The average molecular weight is 359 g/mol. The van der Waals surface area contributed by atoms with E-state index in [2.05, 4.69) is 10.2 Å². The monoisotopic (exact) mass is 358 g/mol. The molecule has 1 fully saturated rings. The van der Waals surface area contributed by atoms with Gasteiger partial charge in [0.2, 0.25) is 5.91 Å². The van der Waals surface area contributed by atoms with E-state index in [1.807, 2.05) is 48.5 Å². The van der Waals surface area contributed by atoms with Crippen LogP contribution < -0.4 is 10.1 Å². The van der Waals surface area contributed by atoms with Crippen LogP contribution in [0.2, 0.25) is 0 Å². The summed E-state index contributed by atoms with van der Waals surface area (Å²) >= 11 is 0. The average Bonchev–Trinajstić information content (AvgIpc) is 3.13. The molecule has 1 N–H and O–H groups in total. The summed E-state index contributed by atoms with van der Waals surface area (Å²) < 4.78 is 5.96. The number of amides is 1. The van der Waals surface area contributed by atoms with Crippen molar-refractivity contribution in [1.29, 1.82) is 0 Å². The van der Waals surface area contributed by atoms with E-state index in [-0.39, 0.29) is 24.2 Å². The number of para-hydroxylation sites is 2. The molecule has 25 heavy (non-hydrogen) atoms. The quantitative estimate of drug-likeness (QED) is 0.908. The fraction of sp³-hybridized carbons (Fsp3) is 0.350. The second kappa shape index (κ2) is 7.89. The maximum Gasteiger partial charge on any atom is 0.232 e. The smallest absolute Gasteiger partial charge is 0.232 e. The van der Waals surface area contributed by atoms with Gasteiger partial charge in [-0.2, -0.15) is 0 Å². The molecule has 2 aliphatic rings. The fourth-order valence-electron chi connectivity index (χ4n) is 3.64. The maximum absolute atomic E-state index is 12.9. The summed E-state index contributed by atoms with van der Waals surface area (Å²) in [5, 5.41) is 3.12. The number of ether oxygens (including phenoxy) is 1. The lowest BCUT2D eigenvalue weighted by Crippen LogP contribution is -2.37. The van der Waals surface area contributed by atoms with E-state index in [1.54, 1.807) is 0 Å². The summed E-state index contributed by atoms with van der Waals surface area (Å²) in [6.07, 6.45) is 2.54. The molecule has 0 radical (unpaired) electrons. The standard InChI is InChI=1S/C20H22N2O2.ClH/c23-20(21-11-14-22-12-5-6-13-22)19-15-7-1-3-9-17(15)24-18-10-4-2-8-16(18)19;/h1-4,7-10,19H,5-6,11-14H2,(H,21,23);1H. The van der Waals surface area contributed by atoms with E-state index in [4.69, 9.17) is 4.74 Å². The van der Waals surface area contributed by atoms with Crippen molar-refractivity contribution in [1.82, 2.24) is 10.2 Å². The molecule has 132 valence electrons. The Balaban J connectivity index is 0.00000182. The number of nitrogens with zero attached hydrogens (tertiary/aromatic N) is 1. The molecule has 0 saturated carbocycles. The highest BCUT2D eigenvalue weighted by Gasteiger charge is 2.32. The molecule has 4 nitrogen and oxygen atoms in total. The highest BCUT2D eigenvalue weighted by molar-refractivity contribution is 5.89. The van der Waals surface area contributed by atoms with Gasteiger partial charge in [-0.05, 0) is 38.1 Å². The molecule has 0 aliphatic carbocycles. The normalized spacial score (nSPS) is 16.3. The van der Waals surface area contributed by atoms with Gasteiger partial charge in [0.05, 0.1) is 5.92 Å². The molecular weight excluding hydrogens is 336 g/mol. The molecule has 1 saturated heterocycles. The van der Waals surface area contributed by atoms with Crippen LogP contribution in [0.25, 0.3) is 0 Å². The molecule has 1 amide bonds. The van der Waals surface area contributed by atoms with Crippen molar-refractivity contribution < 1.29 is 9.53 Å². The minimum absolute atomic E-state index is 0. The van der Waals surface area contributed by atoms with E-state index >= 15 is 0 Å². The number of nitrogens with one attached hydrogen (secondary N) is 1. The molecule has 2 aromatic rings. The van der Waals surface area contributed by atoms with Crippen molar-refractivity contribution in [3.63, 3.8) is 0 Å². The number of rotatable bonds is 4. The first-order chi connectivity index (χ1) is 11.8. The minimum atomic E-state index is -0.301. The number of hydrogen-bond donors (Lipinski definition) is 1. The number of carbonyl (C=O) groups excluding carboxylic acids is 1. The molecular formula is C20H23ClN2O2. The van der Waals surface area contributed by atoms with Crippen molar-refractivity contribution in [3.8, 4) is 11.5 Å². The first-order valence-corrected chi connectivity index (χ1v) is 8.69.